The number of halogens is 1. The van der Waals surface area contributed by atoms with Gasteiger partial charge in [0.1, 0.15) is 0 Å². The van der Waals surface area contributed by atoms with Gasteiger partial charge in [0.05, 0.1) is 7.11 Å². The van der Waals surface area contributed by atoms with Crippen LogP contribution in [0.1, 0.15) is 30.7 Å². The zero-order valence-corrected chi connectivity index (χ0v) is 10.7. The Morgan fingerprint density at radius 1 is 1.56 bits per heavy atom. The van der Waals surface area contributed by atoms with Crippen LogP contribution in [0, 0.1) is 11.7 Å². The Hall–Kier alpha value is -1.58. The first-order valence-electron chi connectivity index (χ1n) is 6.19. The van der Waals surface area contributed by atoms with Crippen molar-refractivity contribution in [2.24, 2.45) is 5.92 Å². The molecule has 1 N–H and O–H groups in total. The molecule has 1 aliphatic carbocycles. The van der Waals surface area contributed by atoms with Gasteiger partial charge < -0.3 is 10.1 Å². The summed E-state index contributed by atoms with van der Waals surface area (Å²) in [5, 5.41) is 2.63. The molecule has 4 heteroatoms. The Kier molecular flexibility index (Phi) is 3.84. The average Bonchev–Trinajstić information content (AvgIpc) is 3.19. The van der Waals surface area contributed by atoms with Crippen LogP contribution in [0.3, 0.4) is 0 Å². The van der Waals surface area contributed by atoms with Crippen LogP contribution in [0.2, 0.25) is 0 Å². The number of nitrogens with one attached hydrogen (secondary N) is 1. The van der Waals surface area contributed by atoms with Gasteiger partial charge in [-0.15, -0.1) is 0 Å². The summed E-state index contributed by atoms with van der Waals surface area (Å²) in [6.07, 6.45) is 2.66. The molecule has 0 bridgehead atoms. The van der Waals surface area contributed by atoms with Crippen molar-refractivity contribution in [2.75, 3.05) is 14.2 Å². The van der Waals surface area contributed by atoms with Crippen LogP contribution >= 0.6 is 0 Å². The molecule has 0 heterocycles. The maximum atomic E-state index is 13.7. The van der Waals surface area contributed by atoms with E-state index in [-0.39, 0.29) is 23.4 Å². The molecule has 0 aromatic heterocycles. The average molecular weight is 251 g/mol. The first kappa shape index (κ1) is 12.9. The summed E-state index contributed by atoms with van der Waals surface area (Å²) < 4.78 is 18.6. The molecule has 2 rings (SSSR count). The van der Waals surface area contributed by atoms with Gasteiger partial charge in [0.15, 0.2) is 11.6 Å². The predicted molar refractivity (Wildman–Crippen MR) is 67.1 cm³/mol. The van der Waals surface area contributed by atoms with Gasteiger partial charge in [0.2, 0.25) is 5.91 Å². The number of methoxy groups -OCH3 is 1. The highest BCUT2D eigenvalue weighted by atomic mass is 19.1. The monoisotopic (exact) mass is 251 g/mol. The molecule has 1 atom stereocenters. The van der Waals surface area contributed by atoms with Crippen molar-refractivity contribution in [1.82, 2.24) is 5.32 Å². The minimum absolute atomic E-state index is 0.00289. The number of hydrogen-bond acceptors (Lipinski definition) is 2. The SMILES string of the molecule is CNC(=O)CC(c1ccc(OC)c(F)c1)C1CC1. The van der Waals surface area contributed by atoms with Crippen molar-refractivity contribution >= 4 is 5.91 Å². The number of carbonyl (C=O) groups is 1. The van der Waals surface area contributed by atoms with Crippen LogP contribution in [0.5, 0.6) is 5.75 Å². The van der Waals surface area contributed by atoms with E-state index in [0.29, 0.717) is 12.3 Å². The third kappa shape index (κ3) is 2.81. The minimum Gasteiger partial charge on any atom is -0.494 e. The Morgan fingerprint density at radius 3 is 2.78 bits per heavy atom. The van der Waals surface area contributed by atoms with Crippen LogP contribution in [-0.4, -0.2) is 20.1 Å². The van der Waals surface area contributed by atoms with E-state index in [0.717, 1.165) is 18.4 Å². The lowest BCUT2D eigenvalue weighted by Crippen LogP contribution is -2.21. The number of rotatable bonds is 5. The molecule has 1 aromatic carbocycles. The molecule has 1 fully saturated rings. The van der Waals surface area contributed by atoms with Gasteiger partial charge in [-0.2, -0.15) is 0 Å². The number of benzene rings is 1. The molecular formula is C14H18FNO2. The van der Waals surface area contributed by atoms with Crippen LogP contribution in [-0.2, 0) is 4.79 Å². The molecular weight excluding hydrogens is 233 g/mol. The van der Waals surface area contributed by atoms with Gasteiger partial charge in [0.25, 0.3) is 0 Å². The zero-order chi connectivity index (χ0) is 13.1. The summed E-state index contributed by atoms with van der Waals surface area (Å²) in [6, 6.07) is 4.97. The topological polar surface area (TPSA) is 38.3 Å². The van der Waals surface area contributed by atoms with E-state index in [2.05, 4.69) is 5.32 Å². The number of carbonyl (C=O) groups excluding carboxylic acids is 1. The maximum absolute atomic E-state index is 13.7. The normalized spacial score (nSPS) is 16.2. The number of hydrogen-bond donors (Lipinski definition) is 1. The van der Waals surface area contributed by atoms with Crippen LogP contribution in [0.4, 0.5) is 4.39 Å². The lowest BCUT2D eigenvalue weighted by molar-refractivity contribution is -0.121. The van der Waals surface area contributed by atoms with Crippen molar-refractivity contribution in [3.8, 4) is 5.75 Å². The van der Waals surface area contributed by atoms with E-state index in [1.807, 2.05) is 6.07 Å². The first-order valence-corrected chi connectivity index (χ1v) is 6.19. The lowest BCUT2D eigenvalue weighted by atomic mass is 9.90. The lowest BCUT2D eigenvalue weighted by Gasteiger charge is -2.16. The summed E-state index contributed by atoms with van der Waals surface area (Å²) in [7, 11) is 3.07. The van der Waals surface area contributed by atoms with Crippen LogP contribution < -0.4 is 10.1 Å². The molecule has 0 spiro atoms. The van der Waals surface area contributed by atoms with E-state index < -0.39 is 0 Å². The minimum atomic E-state index is -0.363. The molecule has 0 aliphatic heterocycles. The van der Waals surface area contributed by atoms with E-state index >= 15 is 0 Å². The second kappa shape index (κ2) is 5.38. The maximum Gasteiger partial charge on any atom is 0.220 e. The zero-order valence-electron chi connectivity index (χ0n) is 10.7. The van der Waals surface area contributed by atoms with E-state index in [9.17, 15) is 9.18 Å². The highest BCUT2D eigenvalue weighted by molar-refractivity contribution is 5.76. The first-order chi connectivity index (χ1) is 8.65. The van der Waals surface area contributed by atoms with E-state index in [1.165, 1.54) is 13.2 Å². The van der Waals surface area contributed by atoms with Crippen molar-refractivity contribution < 1.29 is 13.9 Å². The van der Waals surface area contributed by atoms with Crippen molar-refractivity contribution in [3.63, 3.8) is 0 Å². The van der Waals surface area contributed by atoms with Gasteiger partial charge in [-0.05, 0) is 42.4 Å². The molecule has 98 valence electrons. The summed E-state index contributed by atoms with van der Waals surface area (Å²) in [6.45, 7) is 0. The second-order valence-electron chi connectivity index (χ2n) is 4.72. The Balaban J connectivity index is 2.20. The molecule has 1 aliphatic rings. The smallest absolute Gasteiger partial charge is 0.220 e. The quantitative estimate of drug-likeness (QED) is 0.873. The highest BCUT2D eigenvalue weighted by Crippen LogP contribution is 2.45. The summed E-state index contributed by atoms with van der Waals surface area (Å²) in [4.78, 5) is 11.5. The Bertz CT molecular complexity index is 443. The van der Waals surface area contributed by atoms with Crippen LogP contribution in [0.15, 0.2) is 18.2 Å². The summed E-state index contributed by atoms with van der Waals surface area (Å²) in [5.41, 5.74) is 0.888. The number of amides is 1. The second-order valence-corrected chi connectivity index (χ2v) is 4.72. The van der Waals surface area contributed by atoms with Gasteiger partial charge in [-0.3, -0.25) is 4.79 Å². The highest BCUT2D eigenvalue weighted by Gasteiger charge is 2.33. The number of ether oxygens (including phenoxy) is 1. The third-order valence-electron chi connectivity index (χ3n) is 3.48. The van der Waals surface area contributed by atoms with Crippen molar-refractivity contribution in [2.45, 2.75) is 25.2 Å². The Labute approximate surface area is 106 Å². The molecule has 0 radical (unpaired) electrons. The van der Waals surface area contributed by atoms with Crippen molar-refractivity contribution in [3.05, 3.63) is 29.6 Å². The Morgan fingerprint density at radius 2 is 2.28 bits per heavy atom. The van der Waals surface area contributed by atoms with E-state index in [1.54, 1.807) is 13.1 Å². The fourth-order valence-electron chi connectivity index (χ4n) is 2.27. The van der Waals surface area contributed by atoms with Gasteiger partial charge in [-0.1, -0.05) is 6.07 Å². The standard InChI is InChI=1S/C14H18FNO2/c1-16-14(17)8-11(9-3-4-9)10-5-6-13(18-2)12(15)7-10/h5-7,9,11H,3-4,8H2,1-2H3,(H,16,17). The molecule has 1 aromatic rings. The van der Waals surface area contributed by atoms with E-state index in [4.69, 9.17) is 4.74 Å². The fourth-order valence-corrected chi connectivity index (χ4v) is 2.27. The third-order valence-corrected chi connectivity index (χ3v) is 3.48. The fraction of sp³-hybridized carbons (Fsp3) is 0.500. The molecule has 0 saturated heterocycles. The van der Waals surface area contributed by atoms with Gasteiger partial charge in [0, 0.05) is 13.5 Å². The molecule has 18 heavy (non-hydrogen) atoms. The summed E-state index contributed by atoms with van der Waals surface area (Å²) in [5.74, 6) is 0.509. The molecule has 3 nitrogen and oxygen atoms in total. The largest absolute Gasteiger partial charge is 0.494 e. The van der Waals surface area contributed by atoms with Gasteiger partial charge in [-0.25, -0.2) is 4.39 Å². The van der Waals surface area contributed by atoms with Crippen LogP contribution in [0.25, 0.3) is 0 Å². The summed E-state index contributed by atoms with van der Waals surface area (Å²) >= 11 is 0. The van der Waals surface area contributed by atoms with Gasteiger partial charge >= 0.3 is 0 Å². The van der Waals surface area contributed by atoms with Crippen molar-refractivity contribution in [1.29, 1.82) is 0 Å². The molecule has 1 unspecified atom stereocenters. The molecule has 1 amide bonds. The molecule has 1 saturated carbocycles. The predicted octanol–water partition coefficient (Wildman–Crippen LogP) is 2.46.